The van der Waals surface area contributed by atoms with E-state index in [9.17, 15) is 9.90 Å². The van der Waals surface area contributed by atoms with Crippen molar-refractivity contribution in [3.8, 4) is 5.75 Å². The smallest absolute Gasteiger partial charge is 0.333 e. The zero-order chi connectivity index (χ0) is 25.5. The molecule has 37 heavy (non-hydrogen) atoms. The van der Waals surface area contributed by atoms with Crippen molar-refractivity contribution < 1.29 is 23.8 Å². The molecule has 1 heterocycles. The third-order valence-electron chi connectivity index (χ3n) is 6.17. The molecule has 0 aliphatic heterocycles. The molecule has 5 heteroatoms. The molecule has 186 valence electrons. The number of hydrogen-bond donors (Lipinski definition) is 1. The zero-order valence-electron chi connectivity index (χ0n) is 20.4. The average molecular weight is 493 g/mol. The Morgan fingerprint density at radius 2 is 1.38 bits per heavy atom. The van der Waals surface area contributed by atoms with Crippen LogP contribution in [0.1, 0.15) is 28.0 Å². The minimum absolute atomic E-state index is 0.256. The first-order valence-electron chi connectivity index (χ1n) is 12.3. The molecule has 5 rings (SSSR count). The second-order valence-electron chi connectivity index (χ2n) is 9.01. The van der Waals surface area contributed by atoms with Crippen LogP contribution < -0.4 is 4.74 Å². The molecule has 0 aliphatic rings. The monoisotopic (exact) mass is 492 g/mol. The van der Waals surface area contributed by atoms with Crippen molar-refractivity contribution in [2.45, 2.75) is 32.2 Å². The Balaban J connectivity index is 1.20. The van der Waals surface area contributed by atoms with E-state index in [2.05, 4.69) is 0 Å². The number of aliphatic carboxylic acids is 1. The number of rotatable bonds is 11. The quantitative estimate of drug-likeness (QED) is 0.219. The number of hydrogen-bond acceptors (Lipinski definition) is 4. The van der Waals surface area contributed by atoms with Gasteiger partial charge in [-0.2, -0.15) is 0 Å². The lowest BCUT2D eigenvalue weighted by Gasteiger charge is -2.14. The molecule has 1 aromatic heterocycles. The van der Waals surface area contributed by atoms with Gasteiger partial charge in [-0.15, -0.1) is 0 Å². The van der Waals surface area contributed by atoms with Crippen molar-refractivity contribution in [1.82, 2.24) is 0 Å². The summed E-state index contributed by atoms with van der Waals surface area (Å²) in [5, 5.41) is 10.6. The van der Waals surface area contributed by atoms with Gasteiger partial charge in [0.15, 0.2) is 6.10 Å². The molecule has 0 aliphatic carbocycles. The molecular weight excluding hydrogens is 464 g/mol. The zero-order valence-corrected chi connectivity index (χ0v) is 20.4. The number of carboxylic acids is 1. The van der Waals surface area contributed by atoms with Gasteiger partial charge in [-0.3, -0.25) is 0 Å². The van der Waals surface area contributed by atoms with E-state index in [-0.39, 0.29) is 13.0 Å². The number of furan rings is 1. The molecule has 5 nitrogen and oxygen atoms in total. The second-order valence-corrected chi connectivity index (χ2v) is 9.01. The summed E-state index contributed by atoms with van der Waals surface area (Å²) in [6, 6.07) is 35.5. The Morgan fingerprint density at radius 1 is 0.730 bits per heavy atom. The molecule has 0 fully saturated rings. The SMILES string of the molecule is O=C(O)C(Cc1ccc2oc(Cc3ccc(OCc4ccccc4)cc3)cc2c1)OCc1ccccc1. The number of ether oxygens (including phenoxy) is 2. The van der Waals surface area contributed by atoms with E-state index in [4.69, 9.17) is 13.9 Å². The van der Waals surface area contributed by atoms with Crippen molar-refractivity contribution in [3.63, 3.8) is 0 Å². The van der Waals surface area contributed by atoms with Gasteiger partial charge in [0, 0.05) is 18.2 Å². The highest BCUT2D eigenvalue weighted by molar-refractivity contribution is 5.79. The summed E-state index contributed by atoms with van der Waals surface area (Å²) in [5.74, 6) is 0.699. The third-order valence-corrected chi connectivity index (χ3v) is 6.17. The minimum Gasteiger partial charge on any atom is -0.489 e. The van der Waals surface area contributed by atoms with Gasteiger partial charge in [-0.05, 0) is 52.6 Å². The fraction of sp³-hybridized carbons (Fsp3) is 0.156. The van der Waals surface area contributed by atoms with Crippen LogP contribution in [0.15, 0.2) is 114 Å². The highest BCUT2D eigenvalue weighted by atomic mass is 16.5. The summed E-state index contributed by atoms with van der Waals surface area (Å²) in [5.41, 5.74) is 4.86. The van der Waals surface area contributed by atoms with Crippen LogP contribution in [0.5, 0.6) is 5.75 Å². The highest BCUT2D eigenvalue weighted by Gasteiger charge is 2.19. The molecule has 1 atom stereocenters. The lowest BCUT2D eigenvalue weighted by atomic mass is 10.1. The molecule has 0 amide bonds. The van der Waals surface area contributed by atoms with Crippen LogP contribution in [-0.4, -0.2) is 17.2 Å². The molecule has 0 spiro atoms. The van der Waals surface area contributed by atoms with Gasteiger partial charge >= 0.3 is 5.97 Å². The van der Waals surface area contributed by atoms with Gasteiger partial charge in [0.1, 0.15) is 23.7 Å². The van der Waals surface area contributed by atoms with Gasteiger partial charge in [-0.25, -0.2) is 4.79 Å². The fourth-order valence-electron chi connectivity index (χ4n) is 4.21. The van der Waals surface area contributed by atoms with Crippen LogP contribution in [0.2, 0.25) is 0 Å². The van der Waals surface area contributed by atoms with Crippen LogP contribution in [0.4, 0.5) is 0 Å². The number of carboxylic acid groups (broad SMARTS) is 1. The molecule has 0 radical (unpaired) electrons. The van der Waals surface area contributed by atoms with Crippen LogP contribution in [0.3, 0.4) is 0 Å². The number of benzene rings is 4. The Hall–Kier alpha value is -4.35. The van der Waals surface area contributed by atoms with Gasteiger partial charge < -0.3 is 19.0 Å². The van der Waals surface area contributed by atoms with E-state index < -0.39 is 12.1 Å². The second kappa shape index (κ2) is 11.6. The van der Waals surface area contributed by atoms with Gasteiger partial charge in [0.25, 0.3) is 0 Å². The van der Waals surface area contributed by atoms with Crippen molar-refractivity contribution in [3.05, 3.63) is 137 Å². The third kappa shape index (κ3) is 6.66. The lowest BCUT2D eigenvalue weighted by Crippen LogP contribution is -2.26. The molecular formula is C32H28O5. The summed E-state index contributed by atoms with van der Waals surface area (Å²) in [6.07, 6.45) is 0.0101. The maximum Gasteiger partial charge on any atom is 0.333 e. The molecule has 0 saturated heterocycles. The molecule has 5 aromatic rings. The first-order chi connectivity index (χ1) is 18.1. The van der Waals surface area contributed by atoms with Crippen LogP contribution in [0.25, 0.3) is 11.0 Å². The Kier molecular flexibility index (Phi) is 7.63. The van der Waals surface area contributed by atoms with E-state index >= 15 is 0 Å². The highest BCUT2D eigenvalue weighted by Crippen LogP contribution is 2.25. The van der Waals surface area contributed by atoms with E-state index in [1.807, 2.05) is 109 Å². The molecule has 0 bridgehead atoms. The summed E-state index contributed by atoms with van der Waals surface area (Å²) in [7, 11) is 0. The van der Waals surface area contributed by atoms with Crippen molar-refractivity contribution >= 4 is 16.9 Å². The maximum absolute atomic E-state index is 11.8. The Morgan fingerprint density at radius 3 is 2.05 bits per heavy atom. The summed E-state index contributed by atoms with van der Waals surface area (Å²) in [6.45, 7) is 0.790. The predicted molar refractivity (Wildman–Crippen MR) is 143 cm³/mol. The maximum atomic E-state index is 11.8. The summed E-state index contributed by atoms with van der Waals surface area (Å²) < 4.78 is 17.6. The van der Waals surface area contributed by atoms with Crippen LogP contribution in [-0.2, 0) is 35.6 Å². The fourth-order valence-corrected chi connectivity index (χ4v) is 4.21. The van der Waals surface area contributed by atoms with Gasteiger partial charge in [0.2, 0.25) is 0 Å². The summed E-state index contributed by atoms with van der Waals surface area (Å²) >= 11 is 0. The molecule has 4 aromatic carbocycles. The minimum atomic E-state index is -0.972. The van der Waals surface area contributed by atoms with E-state index in [0.29, 0.717) is 13.0 Å². The molecule has 1 unspecified atom stereocenters. The van der Waals surface area contributed by atoms with E-state index in [1.165, 1.54) is 0 Å². The average Bonchev–Trinajstić information content (AvgIpc) is 3.33. The molecule has 0 saturated carbocycles. The van der Waals surface area contributed by atoms with Crippen molar-refractivity contribution in [2.24, 2.45) is 0 Å². The Bertz CT molecular complexity index is 1440. The van der Waals surface area contributed by atoms with Gasteiger partial charge in [-0.1, -0.05) is 78.9 Å². The summed E-state index contributed by atoms with van der Waals surface area (Å²) in [4.78, 5) is 11.8. The topological polar surface area (TPSA) is 68.9 Å². The van der Waals surface area contributed by atoms with Crippen LogP contribution in [0, 0.1) is 0 Å². The van der Waals surface area contributed by atoms with E-state index in [1.54, 1.807) is 0 Å². The Labute approximate surface area is 215 Å². The van der Waals surface area contributed by atoms with Crippen molar-refractivity contribution in [1.29, 1.82) is 0 Å². The van der Waals surface area contributed by atoms with E-state index in [0.717, 1.165) is 44.7 Å². The number of carbonyl (C=O) groups is 1. The first-order valence-corrected chi connectivity index (χ1v) is 12.3. The normalized spacial score (nSPS) is 11.9. The standard InChI is InChI=1S/C32H28O5/c33-32(34)31(36-22-25-9-5-2-6-10-25)19-26-13-16-30-27(17-26)20-29(37-30)18-23-11-14-28(15-12-23)35-21-24-7-3-1-4-8-24/h1-17,20,31H,18-19,21-22H2,(H,33,34). The van der Waals surface area contributed by atoms with Crippen molar-refractivity contribution in [2.75, 3.05) is 0 Å². The first kappa shape index (κ1) is 24.3. The lowest BCUT2D eigenvalue weighted by molar-refractivity contribution is -0.151. The van der Waals surface area contributed by atoms with Crippen LogP contribution >= 0.6 is 0 Å². The van der Waals surface area contributed by atoms with Gasteiger partial charge in [0.05, 0.1) is 6.61 Å². The largest absolute Gasteiger partial charge is 0.489 e. The molecule has 1 N–H and O–H groups in total. The predicted octanol–water partition coefficient (Wildman–Crippen LogP) is 6.82. The number of fused-ring (bicyclic) bond motifs is 1.